The second kappa shape index (κ2) is 6.13. The summed E-state index contributed by atoms with van der Waals surface area (Å²) in [7, 11) is 0. The Morgan fingerprint density at radius 1 is 1.30 bits per heavy atom. The lowest BCUT2D eigenvalue weighted by Crippen LogP contribution is -2.27. The highest BCUT2D eigenvalue weighted by atomic mass is 32.1. The third kappa shape index (κ3) is 3.22. The van der Waals surface area contributed by atoms with Crippen LogP contribution in [0, 0.1) is 6.92 Å². The predicted molar refractivity (Wildman–Crippen MR) is 81.1 cm³/mol. The van der Waals surface area contributed by atoms with Crippen molar-refractivity contribution >= 4 is 17.2 Å². The van der Waals surface area contributed by atoms with Crippen LogP contribution in [-0.4, -0.2) is 15.9 Å². The van der Waals surface area contributed by atoms with E-state index in [1.54, 1.807) is 6.20 Å². The summed E-state index contributed by atoms with van der Waals surface area (Å²) in [5, 5.41) is 3.97. The molecule has 2 heterocycles. The van der Waals surface area contributed by atoms with Crippen LogP contribution in [0.2, 0.25) is 0 Å². The molecule has 0 saturated carbocycles. The Morgan fingerprint density at radius 2 is 2.05 bits per heavy atom. The van der Waals surface area contributed by atoms with Gasteiger partial charge in [0.2, 0.25) is 0 Å². The van der Waals surface area contributed by atoms with E-state index in [-0.39, 0.29) is 11.9 Å². The topological polar surface area (TPSA) is 54.9 Å². The van der Waals surface area contributed by atoms with Gasteiger partial charge in [0.05, 0.1) is 22.4 Å². The SMILES string of the molecule is Cc1nc(C(C)C)sc1C(=O)N[C@H](C)c1ccccn1. The van der Waals surface area contributed by atoms with E-state index in [2.05, 4.69) is 29.1 Å². The summed E-state index contributed by atoms with van der Waals surface area (Å²) >= 11 is 1.47. The number of carbonyl (C=O) groups excluding carboxylic acids is 1. The molecule has 106 valence electrons. The lowest BCUT2D eigenvalue weighted by Gasteiger charge is -2.12. The van der Waals surface area contributed by atoms with Crippen molar-refractivity contribution in [2.45, 2.75) is 39.7 Å². The monoisotopic (exact) mass is 289 g/mol. The van der Waals surface area contributed by atoms with Crippen molar-refractivity contribution in [3.05, 3.63) is 45.7 Å². The fraction of sp³-hybridized carbons (Fsp3) is 0.400. The second-order valence-corrected chi connectivity index (χ2v) is 6.10. The fourth-order valence-corrected chi connectivity index (χ4v) is 2.82. The first-order valence-electron chi connectivity index (χ1n) is 6.68. The molecule has 5 heteroatoms. The van der Waals surface area contributed by atoms with E-state index < -0.39 is 0 Å². The van der Waals surface area contributed by atoms with Gasteiger partial charge in [0.25, 0.3) is 5.91 Å². The molecule has 2 rings (SSSR count). The minimum Gasteiger partial charge on any atom is -0.343 e. The van der Waals surface area contributed by atoms with Crippen LogP contribution in [0.5, 0.6) is 0 Å². The van der Waals surface area contributed by atoms with Gasteiger partial charge in [-0.15, -0.1) is 11.3 Å². The Bertz CT molecular complexity index is 592. The highest BCUT2D eigenvalue weighted by molar-refractivity contribution is 7.13. The van der Waals surface area contributed by atoms with Gasteiger partial charge in [0.15, 0.2) is 0 Å². The summed E-state index contributed by atoms with van der Waals surface area (Å²) < 4.78 is 0. The van der Waals surface area contributed by atoms with E-state index in [0.717, 1.165) is 16.4 Å². The summed E-state index contributed by atoms with van der Waals surface area (Å²) in [4.78, 5) is 21.7. The van der Waals surface area contributed by atoms with E-state index in [4.69, 9.17) is 0 Å². The molecule has 0 aliphatic carbocycles. The quantitative estimate of drug-likeness (QED) is 0.937. The normalized spacial score (nSPS) is 12.4. The van der Waals surface area contributed by atoms with Gasteiger partial charge in [-0.2, -0.15) is 0 Å². The number of rotatable bonds is 4. The van der Waals surface area contributed by atoms with Crippen molar-refractivity contribution < 1.29 is 4.79 Å². The largest absolute Gasteiger partial charge is 0.343 e. The molecule has 0 aromatic carbocycles. The average molecular weight is 289 g/mol. The van der Waals surface area contributed by atoms with Crippen molar-refractivity contribution in [3.8, 4) is 0 Å². The molecule has 0 aliphatic heterocycles. The molecule has 0 fully saturated rings. The first-order chi connectivity index (χ1) is 9.49. The lowest BCUT2D eigenvalue weighted by atomic mass is 10.2. The maximum Gasteiger partial charge on any atom is 0.263 e. The molecule has 2 aromatic heterocycles. The number of thiazole rings is 1. The van der Waals surface area contributed by atoms with Crippen molar-refractivity contribution in [1.82, 2.24) is 15.3 Å². The van der Waals surface area contributed by atoms with Gasteiger partial charge in [-0.3, -0.25) is 9.78 Å². The number of carbonyl (C=O) groups is 1. The van der Waals surface area contributed by atoms with Gasteiger partial charge >= 0.3 is 0 Å². The molecule has 0 radical (unpaired) electrons. The van der Waals surface area contributed by atoms with E-state index in [1.807, 2.05) is 32.0 Å². The number of pyridine rings is 1. The maximum atomic E-state index is 12.3. The molecule has 0 unspecified atom stereocenters. The van der Waals surface area contributed by atoms with Gasteiger partial charge < -0.3 is 5.32 Å². The smallest absolute Gasteiger partial charge is 0.263 e. The molecular weight excluding hydrogens is 270 g/mol. The molecule has 20 heavy (non-hydrogen) atoms. The van der Waals surface area contributed by atoms with Gasteiger partial charge in [-0.25, -0.2) is 4.98 Å². The minimum atomic E-state index is -0.118. The van der Waals surface area contributed by atoms with Gasteiger partial charge in [0, 0.05) is 12.1 Å². The van der Waals surface area contributed by atoms with Crippen LogP contribution in [0.3, 0.4) is 0 Å². The number of hydrogen-bond donors (Lipinski definition) is 1. The summed E-state index contributed by atoms with van der Waals surface area (Å²) in [5.41, 5.74) is 1.65. The van der Waals surface area contributed by atoms with Crippen molar-refractivity contribution in [2.75, 3.05) is 0 Å². The minimum absolute atomic E-state index is 0.0787. The Balaban J connectivity index is 2.12. The lowest BCUT2D eigenvalue weighted by molar-refractivity contribution is 0.0942. The zero-order chi connectivity index (χ0) is 14.7. The Morgan fingerprint density at radius 3 is 2.60 bits per heavy atom. The molecule has 1 atom stereocenters. The standard InChI is InChI=1S/C15H19N3OS/c1-9(2)15-18-11(4)13(20-15)14(19)17-10(3)12-7-5-6-8-16-12/h5-10H,1-4H3,(H,17,19)/t10-/m1/s1. The molecular formula is C15H19N3OS. The van der Waals surface area contributed by atoms with Crippen molar-refractivity contribution in [1.29, 1.82) is 0 Å². The number of aromatic nitrogens is 2. The van der Waals surface area contributed by atoms with E-state index >= 15 is 0 Å². The first kappa shape index (κ1) is 14.7. The molecule has 4 nitrogen and oxygen atoms in total. The van der Waals surface area contributed by atoms with Crippen molar-refractivity contribution in [3.63, 3.8) is 0 Å². The Kier molecular flexibility index (Phi) is 4.49. The van der Waals surface area contributed by atoms with E-state index in [1.165, 1.54) is 11.3 Å². The first-order valence-corrected chi connectivity index (χ1v) is 7.49. The zero-order valence-corrected chi connectivity index (χ0v) is 13.0. The summed E-state index contributed by atoms with van der Waals surface area (Å²) in [5.74, 6) is 0.263. The van der Waals surface area contributed by atoms with E-state index in [9.17, 15) is 4.79 Å². The van der Waals surface area contributed by atoms with Gasteiger partial charge in [-0.1, -0.05) is 19.9 Å². The second-order valence-electron chi connectivity index (χ2n) is 5.07. The molecule has 1 N–H and O–H groups in total. The van der Waals surface area contributed by atoms with Crippen molar-refractivity contribution in [2.24, 2.45) is 0 Å². The van der Waals surface area contributed by atoms with Gasteiger partial charge in [-0.05, 0) is 26.0 Å². The fourth-order valence-electron chi connectivity index (χ4n) is 1.84. The number of nitrogens with one attached hydrogen (secondary N) is 1. The number of hydrogen-bond acceptors (Lipinski definition) is 4. The Hall–Kier alpha value is -1.75. The van der Waals surface area contributed by atoms with Crippen LogP contribution in [0.15, 0.2) is 24.4 Å². The average Bonchev–Trinajstić information content (AvgIpc) is 2.82. The van der Waals surface area contributed by atoms with Crippen LogP contribution in [0.4, 0.5) is 0 Å². The predicted octanol–water partition coefficient (Wildman–Crippen LogP) is 3.46. The van der Waals surface area contributed by atoms with Crippen LogP contribution >= 0.6 is 11.3 Å². The molecule has 1 amide bonds. The molecule has 0 aliphatic rings. The van der Waals surface area contributed by atoms with Gasteiger partial charge in [0.1, 0.15) is 4.88 Å². The number of nitrogens with zero attached hydrogens (tertiary/aromatic N) is 2. The molecule has 0 bridgehead atoms. The van der Waals surface area contributed by atoms with Crippen LogP contribution in [0.1, 0.15) is 58.8 Å². The highest BCUT2D eigenvalue weighted by Gasteiger charge is 2.19. The third-order valence-electron chi connectivity index (χ3n) is 2.99. The number of aryl methyl sites for hydroxylation is 1. The highest BCUT2D eigenvalue weighted by Crippen LogP contribution is 2.25. The third-order valence-corrected chi connectivity index (χ3v) is 4.45. The molecule has 0 spiro atoms. The zero-order valence-electron chi connectivity index (χ0n) is 12.2. The number of amides is 1. The maximum absolute atomic E-state index is 12.3. The summed E-state index contributed by atoms with van der Waals surface area (Å²) in [6.45, 7) is 7.97. The van der Waals surface area contributed by atoms with Crippen LogP contribution in [0.25, 0.3) is 0 Å². The summed E-state index contributed by atoms with van der Waals surface area (Å²) in [6, 6.07) is 5.57. The van der Waals surface area contributed by atoms with Crippen LogP contribution < -0.4 is 5.32 Å². The molecule has 0 saturated heterocycles. The van der Waals surface area contributed by atoms with E-state index in [0.29, 0.717) is 10.8 Å². The van der Waals surface area contributed by atoms with Crippen LogP contribution in [-0.2, 0) is 0 Å². The Labute approximate surface area is 123 Å². The summed E-state index contributed by atoms with van der Waals surface area (Å²) in [6.07, 6.45) is 1.73. The molecule has 2 aromatic rings.